The molecule has 4 nitrogen and oxygen atoms in total. The fourth-order valence-corrected chi connectivity index (χ4v) is 3.85. The molecule has 1 aromatic carbocycles. The topological polar surface area (TPSA) is 44.8 Å². The van der Waals surface area contributed by atoms with Gasteiger partial charge in [-0.2, -0.15) is 0 Å². The number of thioether (sulfide) groups is 1. The Morgan fingerprint density at radius 3 is 3.14 bits per heavy atom. The van der Waals surface area contributed by atoms with Crippen molar-refractivity contribution >= 4 is 28.6 Å². The van der Waals surface area contributed by atoms with Gasteiger partial charge in [-0.1, -0.05) is 18.2 Å². The molecule has 21 heavy (non-hydrogen) atoms. The molecule has 0 bridgehead atoms. The van der Waals surface area contributed by atoms with Crippen molar-refractivity contribution in [3.05, 3.63) is 49.4 Å². The van der Waals surface area contributed by atoms with Crippen LogP contribution in [0.2, 0.25) is 0 Å². The number of hydrogen-bond donors (Lipinski definition) is 1. The van der Waals surface area contributed by atoms with E-state index in [1.165, 1.54) is 16.1 Å². The number of H-pyrrole nitrogens is 1. The lowest BCUT2D eigenvalue weighted by atomic mass is 10.0. The highest BCUT2D eigenvalue weighted by Gasteiger charge is 2.23. The van der Waals surface area contributed by atoms with Gasteiger partial charge in [0, 0.05) is 28.8 Å². The predicted molar refractivity (Wildman–Crippen MR) is 87.6 cm³/mol. The number of imidazole rings is 1. The van der Waals surface area contributed by atoms with Gasteiger partial charge in [-0.05, 0) is 12.1 Å². The van der Waals surface area contributed by atoms with Crippen LogP contribution in [0.3, 0.4) is 0 Å². The molecule has 0 atom stereocenters. The summed E-state index contributed by atoms with van der Waals surface area (Å²) in [7, 11) is 0. The Balaban J connectivity index is 1.96. The van der Waals surface area contributed by atoms with E-state index in [0.717, 1.165) is 29.1 Å². The molecule has 0 amide bonds. The summed E-state index contributed by atoms with van der Waals surface area (Å²) in [5, 5.41) is 0. The van der Waals surface area contributed by atoms with Gasteiger partial charge in [-0.3, -0.25) is 0 Å². The molecule has 1 aliphatic heterocycles. The zero-order valence-corrected chi connectivity index (χ0v) is 12.2. The molecular weight excluding hydrogens is 280 g/mol. The Morgan fingerprint density at radius 1 is 1.29 bits per heavy atom. The average molecular weight is 294 g/mol. The Hall–Kier alpha value is -2.27. The molecule has 0 saturated heterocycles. The van der Waals surface area contributed by atoms with Crippen LogP contribution in [-0.2, 0) is 0 Å². The van der Waals surface area contributed by atoms with Crippen LogP contribution < -0.4 is 4.90 Å². The van der Waals surface area contributed by atoms with Crippen LogP contribution >= 0.6 is 11.8 Å². The van der Waals surface area contributed by atoms with E-state index in [-0.39, 0.29) is 0 Å². The second-order valence-corrected chi connectivity index (χ2v) is 5.88. The SMILES string of the molecule is C=CCN1CSc2cccc(-c3ccnc4nc[nH]c34)c21. The zero-order chi connectivity index (χ0) is 14.2. The highest BCUT2D eigenvalue weighted by atomic mass is 32.2. The van der Waals surface area contributed by atoms with E-state index in [9.17, 15) is 0 Å². The number of rotatable bonds is 3. The normalized spacial score (nSPS) is 13.6. The number of fused-ring (bicyclic) bond motifs is 2. The maximum absolute atomic E-state index is 4.30. The van der Waals surface area contributed by atoms with Gasteiger partial charge in [0.2, 0.25) is 0 Å². The van der Waals surface area contributed by atoms with Crippen molar-refractivity contribution in [2.24, 2.45) is 0 Å². The summed E-state index contributed by atoms with van der Waals surface area (Å²) in [4.78, 5) is 15.4. The molecule has 0 spiro atoms. The van der Waals surface area contributed by atoms with Gasteiger partial charge in [0.1, 0.15) is 0 Å². The lowest BCUT2D eigenvalue weighted by Crippen LogP contribution is -2.19. The summed E-state index contributed by atoms with van der Waals surface area (Å²) >= 11 is 1.87. The molecule has 0 fully saturated rings. The number of aromatic amines is 1. The van der Waals surface area contributed by atoms with E-state index in [2.05, 4.69) is 44.6 Å². The zero-order valence-electron chi connectivity index (χ0n) is 11.4. The Morgan fingerprint density at radius 2 is 2.24 bits per heavy atom. The molecule has 3 aromatic rings. The summed E-state index contributed by atoms with van der Waals surface area (Å²) < 4.78 is 0. The first-order valence-electron chi connectivity index (χ1n) is 6.78. The monoisotopic (exact) mass is 294 g/mol. The highest BCUT2D eigenvalue weighted by molar-refractivity contribution is 7.99. The molecule has 0 aliphatic carbocycles. The van der Waals surface area contributed by atoms with Gasteiger partial charge in [0.25, 0.3) is 0 Å². The van der Waals surface area contributed by atoms with E-state index in [0.29, 0.717) is 0 Å². The fraction of sp³-hybridized carbons (Fsp3) is 0.125. The van der Waals surface area contributed by atoms with Gasteiger partial charge in [-0.15, -0.1) is 18.3 Å². The molecule has 104 valence electrons. The third-order valence-corrected chi connectivity index (χ3v) is 4.74. The maximum Gasteiger partial charge on any atom is 0.178 e. The van der Waals surface area contributed by atoms with Crippen molar-refractivity contribution in [3.63, 3.8) is 0 Å². The first kappa shape index (κ1) is 12.5. The summed E-state index contributed by atoms with van der Waals surface area (Å²) in [6.07, 6.45) is 5.46. The van der Waals surface area contributed by atoms with Gasteiger partial charge < -0.3 is 9.88 Å². The second-order valence-electron chi connectivity index (χ2n) is 4.90. The molecule has 5 heteroatoms. The van der Waals surface area contributed by atoms with Crippen LogP contribution in [0.4, 0.5) is 5.69 Å². The quantitative estimate of drug-likeness (QED) is 0.748. The number of hydrogen-bond acceptors (Lipinski definition) is 4. The maximum atomic E-state index is 4.30. The Bertz CT molecular complexity index is 824. The molecule has 2 aromatic heterocycles. The van der Waals surface area contributed by atoms with E-state index in [4.69, 9.17) is 0 Å². The highest BCUT2D eigenvalue weighted by Crippen LogP contribution is 2.45. The van der Waals surface area contributed by atoms with Crippen LogP contribution in [-0.4, -0.2) is 27.4 Å². The predicted octanol–water partition coefficient (Wildman–Crippen LogP) is 3.68. The van der Waals surface area contributed by atoms with Crippen LogP contribution in [0, 0.1) is 0 Å². The smallest absolute Gasteiger partial charge is 0.178 e. The van der Waals surface area contributed by atoms with E-state index in [1.54, 1.807) is 6.33 Å². The number of anilines is 1. The van der Waals surface area contributed by atoms with Gasteiger partial charge in [-0.25, -0.2) is 9.97 Å². The first-order chi connectivity index (χ1) is 10.4. The Labute approximate surface area is 126 Å². The van der Waals surface area contributed by atoms with Crippen molar-refractivity contribution in [2.45, 2.75) is 4.90 Å². The molecule has 3 heterocycles. The second kappa shape index (κ2) is 4.93. The van der Waals surface area contributed by atoms with Crippen LogP contribution in [0.1, 0.15) is 0 Å². The number of nitrogens with zero attached hydrogens (tertiary/aromatic N) is 3. The summed E-state index contributed by atoms with van der Waals surface area (Å²) in [6.45, 7) is 4.72. The van der Waals surface area contributed by atoms with E-state index >= 15 is 0 Å². The number of pyridine rings is 1. The average Bonchev–Trinajstić information content (AvgIpc) is 3.14. The van der Waals surface area contributed by atoms with Gasteiger partial charge in [0.05, 0.1) is 23.4 Å². The van der Waals surface area contributed by atoms with Crippen molar-refractivity contribution in [1.82, 2.24) is 15.0 Å². The summed E-state index contributed by atoms with van der Waals surface area (Å²) in [5.41, 5.74) is 5.39. The summed E-state index contributed by atoms with van der Waals surface area (Å²) in [6, 6.07) is 8.50. The number of aromatic nitrogens is 3. The van der Waals surface area contributed by atoms with Crippen molar-refractivity contribution in [2.75, 3.05) is 17.3 Å². The molecule has 4 rings (SSSR count). The number of nitrogens with one attached hydrogen (secondary N) is 1. The fourth-order valence-electron chi connectivity index (χ4n) is 2.77. The first-order valence-corrected chi connectivity index (χ1v) is 7.77. The molecular formula is C16H14N4S. The van der Waals surface area contributed by atoms with Gasteiger partial charge in [0.15, 0.2) is 5.65 Å². The molecule has 1 N–H and O–H groups in total. The lowest BCUT2D eigenvalue weighted by Gasteiger charge is -2.19. The van der Waals surface area contributed by atoms with E-state index < -0.39 is 0 Å². The Kier molecular flexibility index (Phi) is 2.93. The van der Waals surface area contributed by atoms with E-state index in [1.807, 2.05) is 30.1 Å². The van der Waals surface area contributed by atoms with Crippen molar-refractivity contribution < 1.29 is 0 Å². The molecule has 0 radical (unpaired) electrons. The molecule has 0 saturated carbocycles. The minimum atomic E-state index is 0.756. The minimum absolute atomic E-state index is 0.756. The third-order valence-electron chi connectivity index (χ3n) is 3.66. The lowest BCUT2D eigenvalue weighted by molar-refractivity contribution is 1.01. The minimum Gasteiger partial charge on any atom is -0.357 e. The number of benzene rings is 1. The standard InChI is InChI=1S/C16H14N4S/c1-2-8-20-10-21-13-5-3-4-12(15(13)20)11-6-7-17-16-14(11)18-9-19-16/h2-7,9H,1,8,10H2,(H,17,18,19). The van der Waals surface area contributed by atoms with Crippen molar-refractivity contribution in [3.8, 4) is 11.1 Å². The summed E-state index contributed by atoms with van der Waals surface area (Å²) in [5.74, 6) is 0.968. The van der Waals surface area contributed by atoms with Crippen LogP contribution in [0.5, 0.6) is 0 Å². The molecule has 1 aliphatic rings. The third kappa shape index (κ3) is 1.93. The van der Waals surface area contributed by atoms with Crippen LogP contribution in [0.15, 0.2) is 54.3 Å². The van der Waals surface area contributed by atoms with Gasteiger partial charge >= 0.3 is 0 Å². The van der Waals surface area contributed by atoms with Crippen molar-refractivity contribution in [1.29, 1.82) is 0 Å². The van der Waals surface area contributed by atoms with Crippen LogP contribution in [0.25, 0.3) is 22.3 Å². The largest absolute Gasteiger partial charge is 0.357 e. The number of para-hydroxylation sites is 1. The molecule has 0 unspecified atom stereocenters.